The zero-order chi connectivity index (χ0) is 13.4. The highest BCUT2D eigenvalue weighted by Crippen LogP contribution is 2.81. The van der Waals surface area contributed by atoms with Gasteiger partial charge in [-0.2, -0.15) is 0 Å². The van der Waals surface area contributed by atoms with Crippen molar-refractivity contribution in [3.63, 3.8) is 0 Å². The van der Waals surface area contributed by atoms with Crippen LogP contribution in [0.1, 0.15) is 12.8 Å². The molecule has 5 aliphatic rings. The molecule has 6 bridgehead atoms. The molecule has 0 saturated heterocycles. The van der Waals surface area contributed by atoms with Gasteiger partial charge in [-0.1, -0.05) is 11.6 Å². The second kappa shape index (κ2) is 3.70. The van der Waals surface area contributed by atoms with Crippen molar-refractivity contribution < 1.29 is 0 Å². The van der Waals surface area contributed by atoms with Crippen LogP contribution in [0.2, 0.25) is 5.02 Å². The lowest BCUT2D eigenvalue weighted by atomic mass is 9.95. The lowest BCUT2D eigenvalue weighted by Gasteiger charge is -2.18. The predicted molar refractivity (Wildman–Crippen MR) is 80.7 cm³/mol. The lowest BCUT2D eigenvalue weighted by Crippen LogP contribution is -2.28. The fourth-order valence-electron chi connectivity index (χ4n) is 5.73. The van der Waals surface area contributed by atoms with Crippen LogP contribution in [0, 0.1) is 35.5 Å². The zero-order valence-corrected chi connectivity index (χ0v) is 11.9. The summed E-state index contributed by atoms with van der Waals surface area (Å²) in [5.41, 5.74) is 7.03. The van der Waals surface area contributed by atoms with E-state index in [-0.39, 0.29) is 0 Å². The van der Waals surface area contributed by atoms with Gasteiger partial charge in [-0.3, -0.25) is 0 Å². The average molecular weight is 288 g/mol. The quantitative estimate of drug-likeness (QED) is 0.649. The number of anilines is 1. The van der Waals surface area contributed by atoms with Crippen LogP contribution in [-0.2, 0) is 0 Å². The molecule has 104 valence electrons. The van der Waals surface area contributed by atoms with Crippen molar-refractivity contribution in [3.8, 4) is 0 Å². The van der Waals surface area contributed by atoms with Crippen molar-refractivity contribution in [1.29, 1.82) is 0 Å². The Balaban J connectivity index is 1.32. The van der Waals surface area contributed by atoms with Gasteiger partial charge in [0.25, 0.3) is 0 Å². The van der Waals surface area contributed by atoms with Gasteiger partial charge in [0.15, 0.2) is 5.96 Å². The second-order valence-corrected chi connectivity index (χ2v) is 7.35. The highest BCUT2D eigenvalue weighted by atomic mass is 35.5. The Morgan fingerprint density at radius 3 is 2.45 bits per heavy atom. The van der Waals surface area contributed by atoms with Gasteiger partial charge in [-0.15, -0.1) is 0 Å². The van der Waals surface area contributed by atoms with Gasteiger partial charge in [-0.25, -0.2) is 4.99 Å². The fourth-order valence-corrected chi connectivity index (χ4v) is 5.86. The molecule has 0 radical (unpaired) electrons. The minimum Gasteiger partial charge on any atom is -0.370 e. The van der Waals surface area contributed by atoms with Crippen LogP contribution in [0.25, 0.3) is 0 Å². The molecular weight excluding hydrogens is 270 g/mol. The van der Waals surface area contributed by atoms with E-state index in [1.807, 2.05) is 24.3 Å². The number of nitrogens with one attached hydrogen (secondary N) is 1. The first kappa shape index (κ1) is 11.4. The van der Waals surface area contributed by atoms with E-state index in [2.05, 4.69) is 5.32 Å². The van der Waals surface area contributed by atoms with Gasteiger partial charge in [0.1, 0.15) is 0 Å². The molecule has 3 N–H and O–H groups in total. The molecule has 7 unspecified atom stereocenters. The minimum absolute atomic E-state index is 0.471. The Morgan fingerprint density at radius 2 is 1.80 bits per heavy atom. The van der Waals surface area contributed by atoms with Crippen LogP contribution < -0.4 is 11.1 Å². The van der Waals surface area contributed by atoms with Crippen LogP contribution >= 0.6 is 11.6 Å². The summed E-state index contributed by atoms with van der Waals surface area (Å²) in [4.78, 5) is 4.78. The molecule has 0 amide bonds. The molecule has 0 aliphatic heterocycles. The Bertz CT molecular complexity index is 596. The monoisotopic (exact) mass is 287 g/mol. The normalized spacial score (nSPS) is 46.9. The van der Waals surface area contributed by atoms with E-state index < -0.39 is 0 Å². The summed E-state index contributed by atoms with van der Waals surface area (Å²) in [5.74, 6) is 6.53. The summed E-state index contributed by atoms with van der Waals surface area (Å²) in [7, 11) is 0. The third-order valence-electron chi connectivity index (χ3n) is 6.20. The van der Waals surface area contributed by atoms with Gasteiger partial charge < -0.3 is 11.1 Å². The van der Waals surface area contributed by atoms with Crippen LogP contribution in [0.5, 0.6) is 0 Å². The molecule has 5 aliphatic carbocycles. The van der Waals surface area contributed by atoms with Crippen molar-refractivity contribution in [2.24, 2.45) is 46.2 Å². The van der Waals surface area contributed by atoms with Crippen LogP contribution in [-0.4, -0.2) is 12.0 Å². The van der Waals surface area contributed by atoms with Gasteiger partial charge in [0.2, 0.25) is 0 Å². The van der Waals surface area contributed by atoms with Crippen LogP contribution in [0.3, 0.4) is 0 Å². The van der Waals surface area contributed by atoms with Crippen molar-refractivity contribution >= 4 is 23.2 Å². The Labute approximate surface area is 123 Å². The summed E-state index contributed by atoms with van der Waals surface area (Å²) in [6.45, 7) is 0. The number of halogens is 1. The number of rotatable bonds is 2. The van der Waals surface area contributed by atoms with E-state index in [1.165, 1.54) is 12.8 Å². The first-order valence-corrected chi connectivity index (χ1v) is 7.96. The topological polar surface area (TPSA) is 50.4 Å². The van der Waals surface area contributed by atoms with Gasteiger partial charge in [0, 0.05) is 10.7 Å². The van der Waals surface area contributed by atoms with Crippen molar-refractivity contribution in [2.45, 2.75) is 18.9 Å². The van der Waals surface area contributed by atoms with Crippen LogP contribution in [0.15, 0.2) is 29.3 Å². The molecular formula is C16H18ClN3. The highest BCUT2D eigenvalue weighted by Gasteiger charge is 2.77. The van der Waals surface area contributed by atoms with E-state index in [4.69, 9.17) is 22.3 Å². The standard InChI is InChI=1S/C16H18ClN3/c17-7-1-3-8(4-2-7)19-16(18)20-12-6-10-9-5-11-13(10)15(11)14(9)12/h1-4,9-15H,5-6H2,(H3,18,19,20). The molecule has 7 atom stereocenters. The van der Waals surface area contributed by atoms with E-state index in [1.54, 1.807) is 0 Å². The number of hydrogen-bond donors (Lipinski definition) is 2. The van der Waals surface area contributed by atoms with Crippen molar-refractivity contribution in [2.75, 3.05) is 5.32 Å². The van der Waals surface area contributed by atoms with E-state index in [0.717, 1.165) is 46.2 Å². The molecule has 0 spiro atoms. The number of benzene rings is 1. The number of hydrogen-bond acceptors (Lipinski definition) is 1. The third-order valence-corrected chi connectivity index (χ3v) is 6.45. The molecule has 0 heterocycles. The fraction of sp³-hybridized carbons (Fsp3) is 0.562. The average Bonchev–Trinajstić information content (AvgIpc) is 2.78. The smallest absolute Gasteiger partial charge is 0.193 e. The molecule has 1 aromatic carbocycles. The van der Waals surface area contributed by atoms with Crippen molar-refractivity contribution in [3.05, 3.63) is 29.3 Å². The molecule has 0 aromatic heterocycles. The molecule has 20 heavy (non-hydrogen) atoms. The number of nitrogens with two attached hydrogens (primary N) is 1. The maximum atomic E-state index is 6.08. The summed E-state index contributed by atoms with van der Waals surface area (Å²) < 4.78 is 0. The van der Waals surface area contributed by atoms with Crippen LogP contribution in [0.4, 0.5) is 5.69 Å². The molecule has 1 aromatic rings. The minimum atomic E-state index is 0.471. The Kier molecular flexibility index (Phi) is 2.12. The Morgan fingerprint density at radius 1 is 1.05 bits per heavy atom. The molecule has 5 saturated carbocycles. The number of guanidine groups is 1. The van der Waals surface area contributed by atoms with E-state index in [0.29, 0.717) is 12.0 Å². The van der Waals surface area contributed by atoms with E-state index in [9.17, 15) is 0 Å². The van der Waals surface area contributed by atoms with Gasteiger partial charge >= 0.3 is 0 Å². The first-order chi connectivity index (χ1) is 9.72. The molecule has 4 heteroatoms. The Hall–Kier alpha value is -1.22. The van der Waals surface area contributed by atoms with Gasteiger partial charge in [0.05, 0.1) is 6.04 Å². The third kappa shape index (κ3) is 1.39. The highest BCUT2D eigenvalue weighted by molar-refractivity contribution is 6.30. The lowest BCUT2D eigenvalue weighted by molar-refractivity contribution is 0.394. The largest absolute Gasteiger partial charge is 0.370 e. The summed E-state index contributed by atoms with van der Waals surface area (Å²) in [6, 6.07) is 8.05. The van der Waals surface area contributed by atoms with E-state index >= 15 is 0 Å². The number of nitrogens with zero attached hydrogens (tertiary/aromatic N) is 1. The summed E-state index contributed by atoms with van der Waals surface area (Å²) in [5, 5.41) is 3.92. The second-order valence-electron chi connectivity index (χ2n) is 6.91. The molecule has 5 fully saturated rings. The maximum absolute atomic E-state index is 6.08. The molecule has 3 nitrogen and oxygen atoms in total. The predicted octanol–water partition coefficient (Wildman–Crippen LogP) is 2.97. The van der Waals surface area contributed by atoms with Gasteiger partial charge in [-0.05, 0) is 72.6 Å². The summed E-state index contributed by atoms with van der Waals surface area (Å²) >= 11 is 5.88. The maximum Gasteiger partial charge on any atom is 0.193 e. The summed E-state index contributed by atoms with van der Waals surface area (Å²) in [6.07, 6.45) is 2.76. The zero-order valence-electron chi connectivity index (χ0n) is 11.2. The number of aliphatic imine (C=N–C) groups is 1. The van der Waals surface area contributed by atoms with Crippen molar-refractivity contribution in [1.82, 2.24) is 0 Å². The SMILES string of the molecule is NC(=NC1CC2C3CC4C2C4C13)Nc1ccc(Cl)cc1. The molecule has 6 rings (SSSR count). The first-order valence-electron chi connectivity index (χ1n) is 7.58.